The molecule has 0 saturated heterocycles. The van der Waals surface area contributed by atoms with Crippen LogP contribution in [0.2, 0.25) is 0 Å². The van der Waals surface area contributed by atoms with E-state index >= 15 is 0 Å². The molecule has 1 aromatic heterocycles. The third-order valence-electron chi connectivity index (χ3n) is 2.44. The molecule has 0 bridgehead atoms. The Balaban J connectivity index is 2.72. The van der Waals surface area contributed by atoms with E-state index in [1.54, 1.807) is 11.3 Å². The van der Waals surface area contributed by atoms with Crippen LogP contribution in [0, 0.1) is 0 Å². The maximum absolute atomic E-state index is 6.00. The van der Waals surface area contributed by atoms with E-state index in [4.69, 9.17) is 10.5 Å². The van der Waals surface area contributed by atoms with Crippen molar-refractivity contribution in [2.24, 2.45) is 5.73 Å². The van der Waals surface area contributed by atoms with E-state index in [1.165, 1.54) is 4.88 Å². The molecule has 2 N–H and O–H groups in total. The van der Waals surface area contributed by atoms with E-state index in [0.717, 1.165) is 10.2 Å². The van der Waals surface area contributed by atoms with Crippen molar-refractivity contribution in [1.82, 2.24) is 0 Å². The van der Waals surface area contributed by atoms with Gasteiger partial charge in [-0.1, -0.05) is 6.92 Å². The lowest BCUT2D eigenvalue weighted by Crippen LogP contribution is -2.29. The Labute approximate surface area is 104 Å². The van der Waals surface area contributed by atoms with E-state index in [-0.39, 0.29) is 11.7 Å². The van der Waals surface area contributed by atoms with Crippen molar-refractivity contribution in [1.29, 1.82) is 0 Å². The normalized spacial score (nSPS) is 14.2. The lowest BCUT2D eigenvalue weighted by atomic mass is 10.1. The van der Waals surface area contributed by atoms with Gasteiger partial charge < -0.3 is 10.5 Å². The monoisotopic (exact) mass is 291 g/mol. The van der Waals surface area contributed by atoms with Crippen molar-refractivity contribution < 1.29 is 4.74 Å². The number of halogens is 1. The molecule has 0 aliphatic rings. The molecule has 0 radical (unpaired) electrons. The first kappa shape index (κ1) is 13.2. The molecule has 1 unspecified atom stereocenters. The summed E-state index contributed by atoms with van der Waals surface area (Å²) in [5.41, 5.74) is 5.63. The van der Waals surface area contributed by atoms with Gasteiger partial charge in [0.05, 0.1) is 9.39 Å². The summed E-state index contributed by atoms with van der Waals surface area (Å²) >= 11 is 5.13. The number of rotatable bonds is 5. The van der Waals surface area contributed by atoms with Crippen LogP contribution in [-0.2, 0) is 4.74 Å². The second-order valence-electron chi connectivity index (χ2n) is 4.10. The molecule has 1 heterocycles. The lowest BCUT2D eigenvalue weighted by Gasteiger charge is -2.28. The highest BCUT2D eigenvalue weighted by Gasteiger charge is 2.23. The summed E-state index contributed by atoms with van der Waals surface area (Å²) in [4.78, 5) is 1.19. The zero-order valence-electron chi connectivity index (χ0n) is 9.42. The van der Waals surface area contributed by atoms with Crippen LogP contribution in [-0.4, -0.2) is 12.1 Å². The number of hydrogen-bond donors (Lipinski definition) is 1. The summed E-state index contributed by atoms with van der Waals surface area (Å²) < 4.78 is 7.12. The van der Waals surface area contributed by atoms with Crippen LogP contribution in [0.25, 0.3) is 0 Å². The Morgan fingerprint density at radius 3 is 2.60 bits per heavy atom. The third kappa shape index (κ3) is 3.87. The van der Waals surface area contributed by atoms with Gasteiger partial charge in [0.1, 0.15) is 6.10 Å². The molecule has 0 saturated carbocycles. The molecule has 0 fully saturated rings. The average molecular weight is 292 g/mol. The van der Waals surface area contributed by atoms with Crippen LogP contribution in [0.5, 0.6) is 0 Å². The van der Waals surface area contributed by atoms with Gasteiger partial charge in [-0.05, 0) is 48.3 Å². The minimum absolute atomic E-state index is 0.0104. The lowest BCUT2D eigenvalue weighted by molar-refractivity contribution is -0.0698. The molecular weight excluding hydrogens is 274 g/mol. The Bertz CT molecular complexity index is 311. The van der Waals surface area contributed by atoms with E-state index in [1.807, 2.05) is 6.07 Å². The molecule has 2 nitrogen and oxygen atoms in total. The molecule has 86 valence electrons. The van der Waals surface area contributed by atoms with Gasteiger partial charge >= 0.3 is 0 Å². The second-order valence-corrected chi connectivity index (χ2v) is 6.59. The molecule has 1 aromatic rings. The van der Waals surface area contributed by atoms with Crippen molar-refractivity contribution >= 4 is 27.3 Å². The molecule has 0 spiro atoms. The van der Waals surface area contributed by atoms with Crippen molar-refractivity contribution in [3.05, 3.63) is 20.8 Å². The van der Waals surface area contributed by atoms with Crippen molar-refractivity contribution in [2.45, 2.75) is 38.9 Å². The summed E-state index contributed by atoms with van der Waals surface area (Å²) in [5, 5.41) is 0. The predicted octanol–water partition coefficient (Wildman–Crippen LogP) is 3.72. The highest BCUT2D eigenvalue weighted by molar-refractivity contribution is 9.11. The van der Waals surface area contributed by atoms with E-state index in [9.17, 15) is 0 Å². The fourth-order valence-electron chi connectivity index (χ4n) is 1.19. The van der Waals surface area contributed by atoms with Gasteiger partial charge in [-0.15, -0.1) is 11.3 Å². The maximum atomic E-state index is 6.00. The smallest absolute Gasteiger partial charge is 0.105 e. The van der Waals surface area contributed by atoms with Crippen LogP contribution < -0.4 is 5.73 Å². The van der Waals surface area contributed by atoms with Crippen LogP contribution in [0.1, 0.15) is 38.2 Å². The van der Waals surface area contributed by atoms with Crippen molar-refractivity contribution in [2.75, 3.05) is 6.54 Å². The second kappa shape index (κ2) is 5.43. The first-order valence-electron chi connectivity index (χ1n) is 5.11. The highest BCUT2D eigenvalue weighted by atomic mass is 79.9. The summed E-state index contributed by atoms with van der Waals surface area (Å²) in [6.07, 6.45) is 0.993. The molecule has 0 aliphatic carbocycles. The topological polar surface area (TPSA) is 35.2 Å². The Hall–Kier alpha value is 0.1000. The highest BCUT2D eigenvalue weighted by Crippen LogP contribution is 2.32. The first-order chi connectivity index (χ1) is 6.98. The standard InChI is InChI=1S/C11H18BrNOS/c1-4-11(2,3)14-8(7-13)9-5-6-10(12)15-9/h5-6,8H,4,7,13H2,1-3H3. The summed E-state index contributed by atoms with van der Waals surface area (Å²) in [7, 11) is 0. The van der Waals surface area contributed by atoms with Gasteiger partial charge in [-0.2, -0.15) is 0 Å². The quantitative estimate of drug-likeness (QED) is 0.897. The van der Waals surface area contributed by atoms with E-state index in [0.29, 0.717) is 6.54 Å². The molecule has 4 heteroatoms. The SMILES string of the molecule is CCC(C)(C)OC(CN)c1ccc(Br)s1. The number of hydrogen-bond acceptors (Lipinski definition) is 3. The molecule has 1 atom stereocenters. The number of ether oxygens (including phenoxy) is 1. The van der Waals surface area contributed by atoms with Crippen LogP contribution >= 0.6 is 27.3 Å². The minimum atomic E-state index is -0.111. The Morgan fingerprint density at radius 1 is 1.53 bits per heavy atom. The molecule has 15 heavy (non-hydrogen) atoms. The molecule has 0 aliphatic heterocycles. The van der Waals surface area contributed by atoms with Crippen LogP contribution in [0.15, 0.2) is 15.9 Å². The minimum Gasteiger partial charge on any atom is -0.366 e. The van der Waals surface area contributed by atoms with Gasteiger partial charge in [-0.25, -0.2) is 0 Å². The summed E-state index contributed by atoms with van der Waals surface area (Å²) in [5.74, 6) is 0. The average Bonchev–Trinajstić information content (AvgIpc) is 2.61. The first-order valence-corrected chi connectivity index (χ1v) is 6.72. The van der Waals surface area contributed by atoms with Crippen LogP contribution in [0.3, 0.4) is 0 Å². The predicted molar refractivity (Wildman–Crippen MR) is 69.3 cm³/mol. The zero-order chi connectivity index (χ0) is 11.5. The van der Waals surface area contributed by atoms with Crippen molar-refractivity contribution in [3.8, 4) is 0 Å². The molecule has 0 amide bonds. The number of thiophene rings is 1. The maximum Gasteiger partial charge on any atom is 0.105 e. The molecule has 1 rings (SSSR count). The van der Waals surface area contributed by atoms with Gasteiger partial charge in [-0.3, -0.25) is 0 Å². The zero-order valence-corrected chi connectivity index (χ0v) is 11.8. The molecule has 0 aromatic carbocycles. The van der Waals surface area contributed by atoms with Crippen LogP contribution in [0.4, 0.5) is 0 Å². The summed E-state index contributed by atoms with van der Waals surface area (Å²) in [6.45, 7) is 6.84. The van der Waals surface area contributed by atoms with Gasteiger partial charge in [0.25, 0.3) is 0 Å². The van der Waals surface area contributed by atoms with Gasteiger partial charge in [0.15, 0.2) is 0 Å². The Morgan fingerprint density at radius 2 is 2.20 bits per heavy atom. The van der Waals surface area contributed by atoms with Gasteiger partial charge in [0, 0.05) is 11.4 Å². The number of nitrogens with two attached hydrogens (primary N) is 1. The van der Waals surface area contributed by atoms with E-state index < -0.39 is 0 Å². The fourth-order valence-corrected chi connectivity index (χ4v) is 2.66. The molecular formula is C11H18BrNOS. The fraction of sp³-hybridized carbons (Fsp3) is 0.636. The largest absolute Gasteiger partial charge is 0.366 e. The van der Waals surface area contributed by atoms with E-state index in [2.05, 4.69) is 42.8 Å². The Kier molecular flexibility index (Phi) is 4.77. The van der Waals surface area contributed by atoms with Gasteiger partial charge in [0.2, 0.25) is 0 Å². The third-order valence-corrected chi connectivity index (χ3v) is 4.15. The summed E-state index contributed by atoms with van der Waals surface area (Å²) in [6, 6.07) is 4.10. The van der Waals surface area contributed by atoms with Crippen molar-refractivity contribution in [3.63, 3.8) is 0 Å².